The average Bonchev–Trinajstić information content (AvgIpc) is 3.48. The third kappa shape index (κ3) is 5.03. The highest BCUT2D eigenvalue weighted by Crippen LogP contribution is 2.41. The largest absolute Gasteiger partial charge is 0.369 e. The number of nitrogens with two attached hydrogens (primary N) is 1. The summed E-state index contributed by atoms with van der Waals surface area (Å²) in [6, 6.07) is 19.6. The second kappa shape index (κ2) is 8.63. The Morgan fingerprint density at radius 1 is 1.07 bits per heavy atom. The topological polar surface area (TPSA) is 68.0 Å². The van der Waals surface area contributed by atoms with E-state index in [1.807, 2.05) is 54.6 Å². The van der Waals surface area contributed by atoms with Gasteiger partial charge in [-0.25, -0.2) is 0 Å². The van der Waals surface area contributed by atoms with E-state index in [2.05, 4.69) is 11.4 Å². The normalized spacial score (nSPS) is 12.9. The molecule has 4 rings (SSSR count). The third-order valence-corrected chi connectivity index (χ3v) is 4.82. The van der Waals surface area contributed by atoms with Crippen molar-refractivity contribution >= 4 is 41.3 Å². The van der Waals surface area contributed by atoms with Gasteiger partial charge in [-0.15, -0.1) is 12.4 Å². The Hall–Kier alpha value is -2.56. The number of nitrogens with zero attached hydrogens (tertiary/aromatic N) is 1. The van der Waals surface area contributed by atoms with Gasteiger partial charge in [-0.2, -0.15) is 0 Å². The second-order valence-corrected chi connectivity index (χ2v) is 7.35. The Labute approximate surface area is 175 Å². The van der Waals surface area contributed by atoms with Gasteiger partial charge in [0.2, 0.25) is 5.91 Å². The monoisotopic (exact) mass is 413 g/mol. The Morgan fingerprint density at radius 2 is 1.82 bits per heavy atom. The summed E-state index contributed by atoms with van der Waals surface area (Å²) < 4.78 is 0. The van der Waals surface area contributed by atoms with Crippen LogP contribution < -0.4 is 11.1 Å². The van der Waals surface area contributed by atoms with Gasteiger partial charge < -0.3 is 11.1 Å². The fourth-order valence-corrected chi connectivity index (χ4v) is 3.27. The molecule has 1 fully saturated rings. The highest BCUT2D eigenvalue weighted by Gasteiger charge is 2.26. The van der Waals surface area contributed by atoms with Crippen molar-refractivity contribution in [2.45, 2.75) is 25.2 Å². The SMILES string of the molecule is Cl.NC(=O)Cc1ccc(Nc2cc(-c3cccc(Cl)c3)nc(C3CC3)c2)cc1. The lowest BCUT2D eigenvalue weighted by molar-refractivity contribution is -0.117. The number of carbonyl (C=O) groups is 1. The molecule has 144 valence electrons. The molecule has 0 aliphatic heterocycles. The van der Waals surface area contributed by atoms with Crippen molar-refractivity contribution in [2.75, 3.05) is 5.32 Å². The van der Waals surface area contributed by atoms with E-state index in [-0.39, 0.29) is 24.7 Å². The highest BCUT2D eigenvalue weighted by atomic mass is 35.5. The minimum absolute atomic E-state index is 0. The average molecular weight is 414 g/mol. The minimum Gasteiger partial charge on any atom is -0.369 e. The number of halogens is 2. The van der Waals surface area contributed by atoms with Crippen molar-refractivity contribution in [1.29, 1.82) is 0 Å². The lowest BCUT2D eigenvalue weighted by Crippen LogP contribution is -2.13. The highest BCUT2D eigenvalue weighted by molar-refractivity contribution is 6.30. The number of amides is 1. The molecule has 0 unspecified atom stereocenters. The zero-order valence-corrected chi connectivity index (χ0v) is 16.8. The van der Waals surface area contributed by atoms with Crippen LogP contribution in [-0.4, -0.2) is 10.9 Å². The molecule has 1 aromatic heterocycles. The van der Waals surface area contributed by atoms with Crippen LogP contribution in [0.25, 0.3) is 11.3 Å². The van der Waals surface area contributed by atoms with Gasteiger partial charge in [-0.1, -0.05) is 35.9 Å². The number of pyridine rings is 1. The van der Waals surface area contributed by atoms with Gasteiger partial charge in [-0.3, -0.25) is 9.78 Å². The zero-order chi connectivity index (χ0) is 18.8. The summed E-state index contributed by atoms with van der Waals surface area (Å²) in [5, 5.41) is 4.14. The molecule has 28 heavy (non-hydrogen) atoms. The van der Waals surface area contributed by atoms with Gasteiger partial charge in [0.15, 0.2) is 0 Å². The number of benzene rings is 2. The summed E-state index contributed by atoms with van der Waals surface area (Å²) in [5.74, 6) is 0.215. The van der Waals surface area contributed by atoms with Gasteiger partial charge in [-0.05, 0) is 54.8 Å². The summed E-state index contributed by atoms with van der Waals surface area (Å²) in [7, 11) is 0. The first kappa shape index (κ1) is 20.2. The molecule has 0 radical (unpaired) electrons. The fourth-order valence-electron chi connectivity index (χ4n) is 3.08. The fraction of sp³-hybridized carbons (Fsp3) is 0.182. The maximum absolute atomic E-state index is 11.0. The summed E-state index contributed by atoms with van der Waals surface area (Å²) in [4.78, 5) is 15.9. The van der Waals surface area contributed by atoms with E-state index in [0.717, 1.165) is 33.9 Å². The number of primary amides is 1. The predicted octanol–water partition coefficient (Wildman–Crippen LogP) is 5.47. The quantitative estimate of drug-likeness (QED) is 0.562. The van der Waals surface area contributed by atoms with Crippen LogP contribution >= 0.6 is 24.0 Å². The maximum Gasteiger partial charge on any atom is 0.221 e. The van der Waals surface area contributed by atoms with E-state index in [1.165, 1.54) is 12.8 Å². The molecular formula is C22H21Cl2N3O. The molecular weight excluding hydrogens is 393 g/mol. The van der Waals surface area contributed by atoms with E-state index < -0.39 is 0 Å². The van der Waals surface area contributed by atoms with E-state index in [4.69, 9.17) is 22.3 Å². The number of carbonyl (C=O) groups excluding carboxylic acids is 1. The first-order valence-corrected chi connectivity index (χ1v) is 9.37. The first-order valence-electron chi connectivity index (χ1n) is 8.99. The number of hydrogen-bond donors (Lipinski definition) is 2. The van der Waals surface area contributed by atoms with Crippen molar-refractivity contribution in [3.8, 4) is 11.3 Å². The van der Waals surface area contributed by atoms with Crippen LogP contribution in [0.5, 0.6) is 0 Å². The molecule has 4 nitrogen and oxygen atoms in total. The summed E-state index contributed by atoms with van der Waals surface area (Å²) in [6.45, 7) is 0. The van der Waals surface area contributed by atoms with Crippen LogP contribution in [0.2, 0.25) is 5.02 Å². The van der Waals surface area contributed by atoms with E-state index in [9.17, 15) is 4.79 Å². The van der Waals surface area contributed by atoms with Gasteiger partial charge in [0, 0.05) is 33.6 Å². The molecule has 0 bridgehead atoms. The summed E-state index contributed by atoms with van der Waals surface area (Å²) in [6.07, 6.45) is 2.63. The molecule has 1 aliphatic rings. The Kier molecular flexibility index (Phi) is 6.22. The van der Waals surface area contributed by atoms with Crippen LogP contribution in [0.15, 0.2) is 60.7 Å². The van der Waals surface area contributed by atoms with Crippen LogP contribution in [0.1, 0.15) is 30.0 Å². The molecule has 1 heterocycles. The predicted molar refractivity (Wildman–Crippen MR) is 117 cm³/mol. The smallest absolute Gasteiger partial charge is 0.221 e. The maximum atomic E-state index is 11.0. The molecule has 2 aromatic carbocycles. The Morgan fingerprint density at radius 3 is 2.46 bits per heavy atom. The third-order valence-electron chi connectivity index (χ3n) is 4.58. The van der Waals surface area contributed by atoms with Crippen molar-refractivity contribution < 1.29 is 4.79 Å². The Bertz CT molecular complexity index is 985. The lowest BCUT2D eigenvalue weighted by atomic mass is 10.1. The minimum atomic E-state index is -0.329. The van der Waals surface area contributed by atoms with E-state index >= 15 is 0 Å². The molecule has 3 N–H and O–H groups in total. The zero-order valence-electron chi connectivity index (χ0n) is 15.2. The molecule has 1 saturated carbocycles. The molecule has 1 aliphatic carbocycles. The van der Waals surface area contributed by atoms with Crippen molar-refractivity contribution in [3.63, 3.8) is 0 Å². The van der Waals surface area contributed by atoms with Crippen LogP contribution in [0.3, 0.4) is 0 Å². The number of hydrogen-bond acceptors (Lipinski definition) is 3. The molecule has 0 atom stereocenters. The number of rotatable bonds is 6. The van der Waals surface area contributed by atoms with Gasteiger partial charge in [0.05, 0.1) is 12.1 Å². The molecule has 3 aromatic rings. The molecule has 6 heteroatoms. The van der Waals surface area contributed by atoms with Crippen LogP contribution in [-0.2, 0) is 11.2 Å². The van der Waals surface area contributed by atoms with Crippen LogP contribution in [0.4, 0.5) is 11.4 Å². The lowest BCUT2D eigenvalue weighted by Gasteiger charge is -2.12. The van der Waals surface area contributed by atoms with E-state index in [1.54, 1.807) is 0 Å². The second-order valence-electron chi connectivity index (χ2n) is 6.92. The van der Waals surface area contributed by atoms with Crippen molar-refractivity contribution in [1.82, 2.24) is 4.98 Å². The van der Waals surface area contributed by atoms with Gasteiger partial charge >= 0.3 is 0 Å². The van der Waals surface area contributed by atoms with Crippen molar-refractivity contribution in [2.24, 2.45) is 5.73 Å². The van der Waals surface area contributed by atoms with Crippen molar-refractivity contribution in [3.05, 3.63) is 76.9 Å². The Balaban J connectivity index is 0.00000225. The summed E-state index contributed by atoms with van der Waals surface area (Å²) in [5.41, 5.74) is 11.1. The molecule has 0 saturated heterocycles. The standard InChI is InChI=1S/C22H20ClN3O.ClH/c23-17-3-1-2-16(11-17)21-13-19(12-20(26-21)15-6-7-15)25-18-8-4-14(5-9-18)10-22(24)27;/h1-5,8-9,11-13,15H,6-7,10H2,(H2,24,27)(H,25,26);1H. The summed E-state index contributed by atoms with van der Waals surface area (Å²) >= 11 is 6.15. The molecule has 0 spiro atoms. The van der Waals surface area contributed by atoms with Gasteiger partial charge in [0.1, 0.15) is 0 Å². The number of anilines is 2. The van der Waals surface area contributed by atoms with Crippen LogP contribution in [0, 0.1) is 0 Å². The number of nitrogens with one attached hydrogen (secondary N) is 1. The molecule has 1 amide bonds. The number of aromatic nitrogens is 1. The first-order chi connectivity index (χ1) is 13.1. The van der Waals surface area contributed by atoms with Gasteiger partial charge in [0.25, 0.3) is 0 Å². The van der Waals surface area contributed by atoms with E-state index in [0.29, 0.717) is 10.9 Å².